The molecule has 2 aromatic rings. The highest BCUT2D eigenvalue weighted by molar-refractivity contribution is 5.96. The Morgan fingerprint density at radius 3 is 2.63 bits per heavy atom. The van der Waals surface area contributed by atoms with Crippen LogP contribution in [0.5, 0.6) is 5.75 Å². The van der Waals surface area contributed by atoms with Crippen LogP contribution in [-0.4, -0.2) is 34.2 Å². The average Bonchev–Trinajstić information content (AvgIpc) is 2.59. The first kappa shape index (κ1) is 18.8. The lowest BCUT2D eigenvalue weighted by molar-refractivity contribution is 0.0634. The minimum absolute atomic E-state index is 0.114. The molecule has 2 N–H and O–H groups in total. The minimum atomic E-state index is -0.593. The lowest BCUT2D eigenvalue weighted by Crippen LogP contribution is -2.36. The molecule has 3 rings (SSSR count). The van der Waals surface area contributed by atoms with Crippen LogP contribution in [-0.2, 0) is 17.7 Å². The van der Waals surface area contributed by atoms with Crippen LogP contribution in [0.1, 0.15) is 42.3 Å². The molecule has 0 saturated heterocycles. The Bertz CT molecular complexity index is 871. The smallest absolute Gasteiger partial charge is 0.412 e. The number of ether oxygens (including phenoxy) is 1. The van der Waals surface area contributed by atoms with Crippen LogP contribution < -0.4 is 5.32 Å². The molecule has 1 aliphatic rings. The van der Waals surface area contributed by atoms with E-state index >= 15 is 0 Å². The number of carbonyl (C=O) groups excluding carboxylic acids is 2. The lowest BCUT2D eigenvalue weighted by Gasteiger charge is -2.29. The Morgan fingerprint density at radius 2 is 1.89 bits per heavy atom. The van der Waals surface area contributed by atoms with Crippen molar-refractivity contribution in [1.29, 1.82) is 0 Å². The number of phenolic OH excluding ortho intramolecular Hbond substituents is 1. The van der Waals surface area contributed by atoms with Crippen LogP contribution in [0, 0.1) is 0 Å². The number of nitrogens with one attached hydrogen (secondary N) is 1. The van der Waals surface area contributed by atoms with Gasteiger partial charge in [0.25, 0.3) is 5.91 Å². The van der Waals surface area contributed by atoms with Crippen molar-refractivity contribution in [2.24, 2.45) is 0 Å². The summed E-state index contributed by atoms with van der Waals surface area (Å²) < 4.78 is 5.24. The number of hydrogen-bond donors (Lipinski definition) is 2. The van der Waals surface area contributed by atoms with E-state index in [0.29, 0.717) is 24.3 Å². The molecule has 1 heterocycles. The molecule has 0 fully saturated rings. The van der Waals surface area contributed by atoms with Crippen LogP contribution in [0.25, 0.3) is 0 Å². The zero-order chi connectivity index (χ0) is 19.6. The third kappa shape index (κ3) is 4.78. The first-order valence-corrected chi connectivity index (χ1v) is 8.91. The van der Waals surface area contributed by atoms with Crippen molar-refractivity contribution in [2.45, 2.75) is 39.3 Å². The van der Waals surface area contributed by atoms with Crippen molar-refractivity contribution in [2.75, 3.05) is 11.9 Å². The first-order valence-electron chi connectivity index (χ1n) is 8.91. The molecule has 0 aliphatic carbocycles. The molecule has 0 radical (unpaired) electrons. The van der Waals surface area contributed by atoms with Gasteiger partial charge >= 0.3 is 6.09 Å². The fourth-order valence-electron chi connectivity index (χ4n) is 3.05. The van der Waals surface area contributed by atoms with Crippen LogP contribution in [0.2, 0.25) is 0 Å². The standard InChI is InChI=1S/C21H24N2O4/c1-21(2,3)27-20(26)22-17-6-4-5-15(11-17)19(25)23-10-9-14-7-8-18(24)12-16(14)13-23/h4-8,11-12,24H,9-10,13H2,1-3H3,(H,22,26). The number of benzene rings is 2. The van der Waals surface area contributed by atoms with Gasteiger partial charge in [0.05, 0.1) is 0 Å². The molecule has 0 spiro atoms. The maximum atomic E-state index is 12.9. The van der Waals surface area contributed by atoms with Gasteiger partial charge in [-0.15, -0.1) is 0 Å². The van der Waals surface area contributed by atoms with Gasteiger partial charge in [-0.2, -0.15) is 0 Å². The quantitative estimate of drug-likeness (QED) is 0.842. The maximum Gasteiger partial charge on any atom is 0.412 e. The highest BCUT2D eigenvalue weighted by Crippen LogP contribution is 2.24. The number of nitrogens with zero attached hydrogens (tertiary/aromatic N) is 1. The van der Waals surface area contributed by atoms with E-state index in [4.69, 9.17) is 4.74 Å². The lowest BCUT2D eigenvalue weighted by atomic mass is 9.99. The zero-order valence-corrected chi connectivity index (χ0v) is 15.8. The van der Waals surface area contributed by atoms with E-state index in [9.17, 15) is 14.7 Å². The second-order valence-electron chi connectivity index (χ2n) is 7.64. The summed E-state index contributed by atoms with van der Waals surface area (Å²) in [6.45, 7) is 6.43. The highest BCUT2D eigenvalue weighted by atomic mass is 16.6. The van der Waals surface area contributed by atoms with E-state index in [0.717, 1.165) is 17.5 Å². The molecule has 0 bridgehead atoms. The Kier molecular flexibility index (Phi) is 5.08. The predicted molar refractivity (Wildman–Crippen MR) is 103 cm³/mol. The Hall–Kier alpha value is -3.02. The highest BCUT2D eigenvalue weighted by Gasteiger charge is 2.23. The first-order chi connectivity index (χ1) is 12.7. The van der Waals surface area contributed by atoms with Crippen LogP contribution in [0.4, 0.5) is 10.5 Å². The molecule has 0 atom stereocenters. The van der Waals surface area contributed by atoms with E-state index in [1.165, 1.54) is 0 Å². The minimum Gasteiger partial charge on any atom is -0.508 e. The molecule has 0 aromatic heterocycles. The summed E-state index contributed by atoms with van der Waals surface area (Å²) in [5.74, 6) is 0.0865. The summed E-state index contributed by atoms with van der Waals surface area (Å²) in [5, 5.41) is 12.3. The van der Waals surface area contributed by atoms with Crippen LogP contribution in [0.15, 0.2) is 42.5 Å². The third-order valence-corrected chi connectivity index (χ3v) is 4.24. The van der Waals surface area contributed by atoms with Crippen LogP contribution >= 0.6 is 0 Å². The average molecular weight is 368 g/mol. The van der Waals surface area contributed by atoms with E-state index < -0.39 is 11.7 Å². The topological polar surface area (TPSA) is 78.9 Å². The van der Waals surface area contributed by atoms with Gasteiger partial charge < -0.3 is 14.7 Å². The molecule has 6 heteroatoms. The van der Waals surface area contributed by atoms with Crippen molar-refractivity contribution in [3.05, 3.63) is 59.2 Å². The predicted octanol–water partition coefficient (Wildman–Crippen LogP) is 3.94. The SMILES string of the molecule is CC(C)(C)OC(=O)Nc1cccc(C(=O)N2CCc3ccc(O)cc3C2)c1. The number of aromatic hydroxyl groups is 1. The number of carbonyl (C=O) groups is 2. The van der Waals surface area contributed by atoms with Crippen LogP contribution in [0.3, 0.4) is 0 Å². The van der Waals surface area contributed by atoms with Crippen molar-refractivity contribution >= 4 is 17.7 Å². The molecule has 2 amide bonds. The van der Waals surface area contributed by atoms with Gasteiger partial charge in [0.15, 0.2) is 0 Å². The van der Waals surface area contributed by atoms with E-state index in [-0.39, 0.29) is 11.7 Å². The summed E-state index contributed by atoms with van der Waals surface area (Å²) in [6.07, 6.45) is 0.187. The Morgan fingerprint density at radius 1 is 1.11 bits per heavy atom. The molecular weight excluding hydrogens is 344 g/mol. The number of phenols is 1. The molecule has 142 valence electrons. The Balaban J connectivity index is 1.71. The van der Waals surface area contributed by atoms with Gasteiger partial charge in [-0.3, -0.25) is 10.1 Å². The van der Waals surface area contributed by atoms with E-state index in [1.54, 1.807) is 62.1 Å². The second-order valence-corrected chi connectivity index (χ2v) is 7.64. The molecule has 1 aliphatic heterocycles. The van der Waals surface area contributed by atoms with Crippen molar-refractivity contribution in [3.8, 4) is 5.75 Å². The number of amides is 2. The fourth-order valence-corrected chi connectivity index (χ4v) is 3.05. The van der Waals surface area contributed by atoms with Gasteiger partial charge in [-0.25, -0.2) is 4.79 Å². The van der Waals surface area contributed by atoms with Gasteiger partial charge in [0.2, 0.25) is 0 Å². The second kappa shape index (κ2) is 7.31. The normalized spacial score (nSPS) is 13.7. The number of fused-ring (bicyclic) bond motifs is 1. The van der Waals surface area contributed by atoms with Crippen molar-refractivity contribution < 1.29 is 19.4 Å². The van der Waals surface area contributed by atoms with Crippen molar-refractivity contribution in [3.63, 3.8) is 0 Å². The van der Waals surface area contributed by atoms with Gasteiger partial charge in [-0.1, -0.05) is 12.1 Å². The molecule has 0 saturated carbocycles. The summed E-state index contributed by atoms with van der Waals surface area (Å²) in [7, 11) is 0. The van der Waals surface area contributed by atoms with E-state index in [2.05, 4.69) is 5.32 Å². The molecule has 6 nitrogen and oxygen atoms in total. The summed E-state index contributed by atoms with van der Waals surface area (Å²) in [6, 6.07) is 12.1. The summed E-state index contributed by atoms with van der Waals surface area (Å²) >= 11 is 0. The van der Waals surface area contributed by atoms with Gasteiger partial charge in [-0.05, 0) is 68.7 Å². The molecule has 2 aromatic carbocycles. The third-order valence-electron chi connectivity index (χ3n) is 4.24. The number of hydrogen-bond acceptors (Lipinski definition) is 4. The number of anilines is 1. The maximum absolute atomic E-state index is 12.9. The monoisotopic (exact) mass is 368 g/mol. The molecule has 27 heavy (non-hydrogen) atoms. The van der Waals surface area contributed by atoms with Crippen molar-refractivity contribution in [1.82, 2.24) is 4.90 Å². The van der Waals surface area contributed by atoms with E-state index in [1.807, 2.05) is 6.07 Å². The zero-order valence-electron chi connectivity index (χ0n) is 15.8. The summed E-state index contributed by atoms with van der Waals surface area (Å²) in [5.41, 5.74) is 2.51. The van der Waals surface area contributed by atoms with Gasteiger partial charge in [0, 0.05) is 24.3 Å². The fraction of sp³-hybridized carbons (Fsp3) is 0.333. The largest absolute Gasteiger partial charge is 0.508 e. The number of rotatable bonds is 2. The van der Waals surface area contributed by atoms with Gasteiger partial charge in [0.1, 0.15) is 11.4 Å². The molecule has 0 unspecified atom stereocenters. The molecular formula is C21H24N2O4. The summed E-state index contributed by atoms with van der Waals surface area (Å²) in [4.78, 5) is 26.6. The Labute approximate surface area is 158 Å².